The number of fused-ring (bicyclic) bond motifs is 4. The van der Waals surface area contributed by atoms with Gasteiger partial charge in [0.25, 0.3) is 23.6 Å². The molecule has 2 saturated heterocycles. The summed E-state index contributed by atoms with van der Waals surface area (Å²) in [5, 5.41) is 14.4. The van der Waals surface area contributed by atoms with Crippen molar-refractivity contribution in [3.8, 4) is 17.2 Å². The van der Waals surface area contributed by atoms with Gasteiger partial charge in [0, 0.05) is 23.6 Å². The van der Waals surface area contributed by atoms with Crippen LogP contribution in [0.1, 0.15) is 35.6 Å². The topological polar surface area (TPSA) is 142 Å². The number of carbonyl (C=O) groups is 4. The molecule has 2 N–H and O–H groups in total. The van der Waals surface area contributed by atoms with E-state index in [0.717, 1.165) is 21.1 Å². The number of rotatable bonds is 8. The number of aromatic hydroxyl groups is 1. The van der Waals surface area contributed by atoms with Crippen molar-refractivity contribution >= 4 is 69.9 Å². The lowest BCUT2D eigenvalue weighted by atomic mass is 9.49. The van der Waals surface area contributed by atoms with Gasteiger partial charge < -0.3 is 14.6 Å². The van der Waals surface area contributed by atoms with E-state index in [0.29, 0.717) is 28.0 Å². The number of amides is 4. The summed E-state index contributed by atoms with van der Waals surface area (Å²) in [4.78, 5) is 63.2. The number of hydrogen-bond acceptors (Lipinski definition) is 10. The third-order valence-electron chi connectivity index (χ3n) is 11.8. The van der Waals surface area contributed by atoms with E-state index in [1.807, 2.05) is 0 Å². The predicted octanol–water partition coefficient (Wildman–Crippen LogP) is 7.82. The van der Waals surface area contributed by atoms with Crippen molar-refractivity contribution in [3.05, 3.63) is 116 Å². The molecule has 18 heteroatoms. The summed E-state index contributed by atoms with van der Waals surface area (Å²) in [7, 11) is 4.08. The quantitative estimate of drug-likeness (QED) is 0.133. The molecule has 0 radical (unpaired) electrons. The van der Waals surface area contributed by atoms with Crippen LogP contribution in [-0.4, -0.2) is 65.0 Å². The van der Waals surface area contributed by atoms with Crippen LogP contribution in [0.2, 0.25) is 15.1 Å². The number of phenols is 1. The first-order valence-electron chi connectivity index (χ1n) is 18.2. The molecular formula is C41H33Cl3F3N5O7. The van der Waals surface area contributed by atoms with Crippen LogP contribution in [-0.2, 0) is 30.8 Å². The Morgan fingerprint density at radius 1 is 0.898 bits per heavy atom. The Morgan fingerprint density at radius 3 is 2.29 bits per heavy atom. The third kappa shape index (κ3) is 6.15. The van der Waals surface area contributed by atoms with E-state index in [1.165, 1.54) is 45.5 Å². The van der Waals surface area contributed by atoms with Crippen molar-refractivity contribution in [2.24, 2.45) is 23.7 Å². The first-order chi connectivity index (χ1) is 28.0. The molecule has 0 bridgehead atoms. The number of nitrogens with one attached hydrogen (secondary N) is 1. The molecule has 3 heterocycles. The van der Waals surface area contributed by atoms with Crippen LogP contribution in [0.3, 0.4) is 0 Å². The summed E-state index contributed by atoms with van der Waals surface area (Å²) in [6.45, 7) is 0. The summed E-state index contributed by atoms with van der Waals surface area (Å²) < 4.78 is 52.5. The molecule has 3 aromatic carbocycles. The monoisotopic (exact) mass is 869 g/mol. The van der Waals surface area contributed by atoms with Gasteiger partial charge in [-0.2, -0.15) is 23.2 Å². The molecule has 1 saturated carbocycles. The molecule has 6 atom stereocenters. The number of nitrogens with zero attached hydrogens (tertiary/aromatic N) is 4. The third-order valence-corrected chi connectivity index (χ3v) is 12.7. The maximum absolute atomic E-state index is 15.5. The standard InChI is InChI=1S/C41H33Cl3F3N5O7/c1-50(35-26(43)14-16-31(48-35)41(45,46)47)52-36(54)23-13-12-22-24(32(23)38(52)56)18-25-37(55)51(49-28-15-9-20(42)17-27(28)44)39(57)40(25,19-7-10-21(58-2)11-8-19)34(22)33-29(53)5-4-6-30(33)59-3/h4-12,14-17,23-25,32,34,49,53H,13,18H2,1-3H3. The van der Waals surface area contributed by atoms with Crippen LogP contribution in [0.15, 0.2) is 84.4 Å². The van der Waals surface area contributed by atoms with Crippen molar-refractivity contribution in [1.82, 2.24) is 15.0 Å². The fourth-order valence-corrected chi connectivity index (χ4v) is 10.0. The largest absolute Gasteiger partial charge is 0.508 e. The number of imide groups is 2. The van der Waals surface area contributed by atoms with Gasteiger partial charge in [-0.25, -0.2) is 4.98 Å². The van der Waals surface area contributed by atoms with E-state index in [-0.39, 0.29) is 45.6 Å². The number of benzene rings is 3. The number of ether oxygens (including phenoxy) is 2. The highest BCUT2D eigenvalue weighted by molar-refractivity contribution is 6.36. The van der Waals surface area contributed by atoms with Crippen molar-refractivity contribution in [2.45, 2.75) is 30.4 Å². The average Bonchev–Trinajstić information content (AvgIpc) is 3.58. The lowest BCUT2D eigenvalue weighted by Gasteiger charge is -2.50. The first kappa shape index (κ1) is 40.3. The van der Waals surface area contributed by atoms with Crippen LogP contribution in [0.5, 0.6) is 17.2 Å². The van der Waals surface area contributed by atoms with Crippen LogP contribution >= 0.6 is 34.8 Å². The van der Waals surface area contributed by atoms with Gasteiger partial charge in [-0.3, -0.25) is 29.6 Å². The second-order valence-electron chi connectivity index (χ2n) is 14.6. The molecule has 59 heavy (non-hydrogen) atoms. The molecule has 2 aliphatic heterocycles. The summed E-state index contributed by atoms with van der Waals surface area (Å²) >= 11 is 19.0. The number of halogens is 6. The van der Waals surface area contributed by atoms with Gasteiger partial charge in [0.15, 0.2) is 5.82 Å². The number of hydrazine groups is 2. The van der Waals surface area contributed by atoms with Crippen LogP contribution in [0.25, 0.3) is 0 Å². The Morgan fingerprint density at radius 2 is 1.63 bits per heavy atom. The van der Waals surface area contributed by atoms with Gasteiger partial charge in [0.1, 0.15) is 22.9 Å². The number of carbonyl (C=O) groups excluding carboxylic acids is 4. The van der Waals surface area contributed by atoms with Crippen LogP contribution in [0.4, 0.5) is 24.7 Å². The fraction of sp³-hybridized carbons (Fsp3) is 0.293. The number of aromatic nitrogens is 1. The molecule has 4 aliphatic rings. The smallest absolute Gasteiger partial charge is 0.433 e. The molecule has 306 valence electrons. The van der Waals surface area contributed by atoms with Crippen molar-refractivity contribution in [2.75, 3.05) is 31.7 Å². The van der Waals surface area contributed by atoms with Crippen molar-refractivity contribution in [3.63, 3.8) is 0 Å². The highest BCUT2D eigenvalue weighted by Crippen LogP contribution is 2.66. The predicted molar refractivity (Wildman–Crippen MR) is 210 cm³/mol. The highest BCUT2D eigenvalue weighted by Gasteiger charge is 2.71. The molecule has 1 aromatic heterocycles. The Kier molecular flexibility index (Phi) is 10.00. The molecule has 0 spiro atoms. The highest BCUT2D eigenvalue weighted by atomic mass is 35.5. The Labute approximate surface area is 350 Å². The fourth-order valence-electron chi connectivity index (χ4n) is 9.35. The zero-order valence-electron chi connectivity index (χ0n) is 31.3. The number of pyridine rings is 1. The van der Waals surface area contributed by atoms with Crippen molar-refractivity contribution in [1.29, 1.82) is 0 Å². The van der Waals surface area contributed by atoms with E-state index in [9.17, 15) is 27.9 Å². The lowest BCUT2D eigenvalue weighted by Crippen LogP contribution is -2.53. The Hall–Kier alpha value is -5.51. The SMILES string of the molecule is COc1ccc(C23C(=O)N(Nc4ccc(Cl)cc4Cl)C(=O)C2CC2C(=CCC4C(=O)N(N(C)c5nc(C(F)(F)F)ccc5Cl)C(=O)C42)C3c2c(O)cccc2OC)cc1. The first-order valence-corrected chi connectivity index (χ1v) is 19.3. The molecule has 12 nitrogen and oxygen atoms in total. The molecule has 4 aromatic rings. The number of phenolic OH excluding ortho intramolecular Hbond substituents is 1. The minimum absolute atomic E-state index is 0.0323. The summed E-state index contributed by atoms with van der Waals surface area (Å²) in [5.41, 5.74) is 1.00. The van der Waals surface area contributed by atoms with Crippen LogP contribution in [0, 0.1) is 23.7 Å². The molecule has 3 fully saturated rings. The number of methoxy groups -OCH3 is 2. The van der Waals surface area contributed by atoms with E-state index >= 15 is 9.59 Å². The minimum Gasteiger partial charge on any atom is -0.508 e. The minimum atomic E-state index is -4.85. The van der Waals surface area contributed by atoms with E-state index < -0.39 is 76.3 Å². The zero-order valence-corrected chi connectivity index (χ0v) is 33.5. The van der Waals surface area contributed by atoms with Gasteiger partial charge >= 0.3 is 6.18 Å². The summed E-state index contributed by atoms with van der Waals surface area (Å²) in [5.74, 6) is -8.50. The molecule has 4 amide bonds. The van der Waals surface area contributed by atoms with Gasteiger partial charge in [-0.15, -0.1) is 0 Å². The number of hydrogen-bond donors (Lipinski definition) is 2. The second-order valence-corrected chi connectivity index (χ2v) is 15.9. The maximum Gasteiger partial charge on any atom is 0.433 e. The average molecular weight is 871 g/mol. The molecule has 2 aliphatic carbocycles. The Bertz CT molecular complexity index is 2470. The number of alkyl halides is 3. The molecular weight excluding hydrogens is 838 g/mol. The molecule has 8 rings (SSSR count). The van der Waals surface area contributed by atoms with E-state index in [4.69, 9.17) is 44.3 Å². The van der Waals surface area contributed by atoms with E-state index in [2.05, 4.69) is 10.4 Å². The van der Waals surface area contributed by atoms with Crippen LogP contribution < -0.4 is 19.9 Å². The van der Waals surface area contributed by atoms with Gasteiger partial charge in [-0.1, -0.05) is 64.7 Å². The van der Waals surface area contributed by atoms with Gasteiger partial charge in [0.2, 0.25) is 0 Å². The van der Waals surface area contributed by atoms with Gasteiger partial charge in [-0.05, 0) is 78.9 Å². The van der Waals surface area contributed by atoms with E-state index in [1.54, 1.807) is 42.5 Å². The normalized spacial score (nSPS) is 25.0. The maximum atomic E-state index is 15.5. The number of anilines is 2. The lowest BCUT2D eigenvalue weighted by molar-refractivity contribution is -0.142. The number of allylic oxidation sites excluding steroid dienone is 2. The molecule has 6 unspecified atom stereocenters. The summed E-state index contributed by atoms with van der Waals surface area (Å²) in [6, 6.07) is 17.3. The van der Waals surface area contributed by atoms with Gasteiger partial charge in [0.05, 0.1) is 53.1 Å². The zero-order chi connectivity index (χ0) is 42.3. The second kappa shape index (κ2) is 14.6. The Balaban J connectivity index is 1.31. The summed E-state index contributed by atoms with van der Waals surface area (Å²) in [6.07, 6.45) is -3.27. The van der Waals surface area contributed by atoms with Crippen molar-refractivity contribution < 1.29 is 46.9 Å².